The molecule has 0 aliphatic heterocycles. The van der Waals surface area contributed by atoms with Gasteiger partial charge in [-0.2, -0.15) is 0 Å². The number of thioether (sulfide) groups is 1. The molecule has 114 valence electrons. The number of hydrogen-bond donors (Lipinski definition) is 0. The molecule has 0 saturated heterocycles. The molecule has 0 N–H and O–H groups in total. The molecule has 0 heterocycles. The topological polar surface area (TPSA) is 54.0 Å². The number of hydrogen-bond acceptors (Lipinski definition) is 6. The van der Waals surface area contributed by atoms with E-state index in [0.717, 1.165) is 18.2 Å². The van der Waals surface area contributed by atoms with Gasteiger partial charge in [-0.05, 0) is 27.2 Å². The average Bonchev–Trinajstić information content (AvgIpc) is 2.36. The van der Waals surface area contributed by atoms with Crippen molar-refractivity contribution in [3.63, 3.8) is 0 Å². The summed E-state index contributed by atoms with van der Waals surface area (Å²) in [6.07, 6.45) is 0.840. The van der Waals surface area contributed by atoms with Crippen LogP contribution in [-0.4, -0.2) is 53.2 Å². The van der Waals surface area contributed by atoms with E-state index in [0.29, 0.717) is 19.8 Å². The molecule has 7 heteroatoms. The van der Waals surface area contributed by atoms with Crippen molar-refractivity contribution in [2.75, 3.05) is 39.3 Å². The molecule has 0 saturated carbocycles. The van der Waals surface area contributed by atoms with Crippen LogP contribution in [0.1, 0.15) is 27.2 Å². The lowest BCUT2D eigenvalue weighted by Gasteiger charge is -2.28. The molecule has 0 aliphatic carbocycles. The van der Waals surface area contributed by atoms with Gasteiger partial charge in [0.2, 0.25) is 5.12 Å². The van der Waals surface area contributed by atoms with Crippen molar-refractivity contribution < 1.29 is 22.8 Å². The van der Waals surface area contributed by atoms with Crippen molar-refractivity contribution in [3.05, 3.63) is 0 Å². The Morgan fingerprint density at radius 2 is 1.58 bits per heavy atom. The first-order valence-corrected chi connectivity index (χ1v) is 9.62. The van der Waals surface area contributed by atoms with Gasteiger partial charge in [-0.15, -0.1) is 0 Å². The molecular weight excluding hydrogens is 284 g/mol. The third kappa shape index (κ3) is 8.77. The van der Waals surface area contributed by atoms with Crippen LogP contribution in [0.3, 0.4) is 0 Å². The molecule has 0 aromatic carbocycles. The molecule has 0 radical (unpaired) electrons. The van der Waals surface area contributed by atoms with Crippen LogP contribution in [0.25, 0.3) is 0 Å². The fourth-order valence-corrected chi connectivity index (χ4v) is 5.22. The predicted molar refractivity (Wildman–Crippen MR) is 79.4 cm³/mol. The van der Waals surface area contributed by atoms with Crippen molar-refractivity contribution in [1.82, 2.24) is 0 Å². The van der Waals surface area contributed by atoms with Crippen molar-refractivity contribution in [1.29, 1.82) is 0 Å². The first-order chi connectivity index (χ1) is 9.14. The highest BCUT2D eigenvalue weighted by Crippen LogP contribution is 2.20. The van der Waals surface area contributed by atoms with E-state index in [9.17, 15) is 4.79 Å². The highest BCUT2D eigenvalue weighted by molar-refractivity contribution is 8.13. The van der Waals surface area contributed by atoms with E-state index < -0.39 is 8.80 Å². The van der Waals surface area contributed by atoms with Crippen LogP contribution in [0.2, 0.25) is 6.04 Å². The second-order valence-electron chi connectivity index (χ2n) is 3.74. The van der Waals surface area contributed by atoms with Gasteiger partial charge in [0, 0.05) is 38.7 Å². The lowest BCUT2D eigenvalue weighted by atomic mass is 10.6. The van der Waals surface area contributed by atoms with Crippen LogP contribution >= 0.6 is 11.8 Å². The van der Waals surface area contributed by atoms with E-state index in [4.69, 9.17) is 18.0 Å². The zero-order valence-corrected chi connectivity index (χ0v) is 14.2. The largest absolute Gasteiger partial charge is 0.500 e. The van der Waals surface area contributed by atoms with E-state index >= 15 is 0 Å². The number of ether oxygens (including phenoxy) is 1. The van der Waals surface area contributed by atoms with Crippen LogP contribution in [0.4, 0.5) is 0 Å². The van der Waals surface area contributed by atoms with Gasteiger partial charge in [-0.1, -0.05) is 11.8 Å². The highest BCUT2D eigenvalue weighted by atomic mass is 32.2. The summed E-state index contributed by atoms with van der Waals surface area (Å²) in [6.45, 7) is 7.74. The maximum atomic E-state index is 11.3. The molecule has 0 atom stereocenters. The van der Waals surface area contributed by atoms with Crippen molar-refractivity contribution in [2.45, 2.75) is 33.2 Å². The van der Waals surface area contributed by atoms with Crippen LogP contribution in [0.5, 0.6) is 0 Å². The van der Waals surface area contributed by atoms with Crippen LogP contribution in [0.15, 0.2) is 0 Å². The summed E-state index contributed by atoms with van der Waals surface area (Å²) in [5, 5.41) is 0.0546. The van der Waals surface area contributed by atoms with Gasteiger partial charge in [-0.25, -0.2) is 0 Å². The molecular formula is C12H26O5SSi. The average molecular weight is 310 g/mol. The van der Waals surface area contributed by atoms with Gasteiger partial charge in [-0.3, -0.25) is 4.79 Å². The minimum Gasteiger partial charge on any atom is -0.376 e. The molecule has 0 rings (SSSR count). The lowest BCUT2D eigenvalue weighted by Crippen LogP contribution is -2.46. The molecule has 0 aliphatic rings. The fraction of sp³-hybridized carbons (Fsp3) is 0.917. The van der Waals surface area contributed by atoms with Crippen molar-refractivity contribution in [3.8, 4) is 0 Å². The lowest BCUT2D eigenvalue weighted by molar-refractivity contribution is -0.114. The van der Waals surface area contributed by atoms with E-state index in [1.807, 2.05) is 20.8 Å². The van der Waals surface area contributed by atoms with Gasteiger partial charge in [0.05, 0.1) is 0 Å². The Hall–Kier alpha value is 0.0769. The van der Waals surface area contributed by atoms with Gasteiger partial charge >= 0.3 is 8.80 Å². The van der Waals surface area contributed by atoms with E-state index in [-0.39, 0.29) is 11.7 Å². The minimum absolute atomic E-state index is 0.0546. The van der Waals surface area contributed by atoms with E-state index in [2.05, 4.69) is 0 Å². The standard InChI is InChI=1S/C12H26O5SSi/c1-5-15-19(16-6-2,17-7-3)10-8-9-18-12(13)11-14-4/h5-11H2,1-4H3. The first kappa shape index (κ1) is 19.1. The monoisotopic (exact) mass is 310 g/mol. The first-order valence-electron chi connectivity index (χ1n) is 6.70. The highest BCUT2D eigenvalue weighted by Gasteiger charge is 2.39. The fourth-order valence-electron chi connectivity index (χ4n) is 1.64. The maximum Gasteiger partial charge on any atom is 0.500 e. The Labute approximate surface area is 121 Å². The third-order valence-electron chi connectivity index (χ3n) is 2.25. The van der Waals surface area contributed by atoms with Crippen LogP contribution in [-0.2, 0) is 22.8 Å². The Bertz CT molecular complexity index is 223. The van der Waals surface area contributed by atoms with Gasteiger partial charge < -0.3 is 18.0 Å². The minimum atomic E-state index is -2.54. The number of rotatable bonds is 12. The number of carbonyl (C=O) groups is 1. The Morgan fingerprint density at radius 1 is 1.05 bits per heavy atom. The number of carbonyl (C=O) groups excluding carboxylic acids is 1. The van der Waals surface area contributed by atoms with E-state index in [1.54, 1.807) is 0 Å². The van der Waals surface area contributed by atoms with E-state index in [1.165, 1.54) is 18.9 Å². The van der Waals surface area contributed by atoms with Gasteiger partial charge in [0.1, 0.15) is 6.61 Å². The Kier molecular flexibility index (Phi) is 11.9. The molecule has 0 bridgehead atoms. The predicted octanol–water partition coefficient (Wildman–Crippen LogP) is 2.33. The SMILES string of the molecule is CCO[Si](CCCSC(=O)COC)(OCC)OCC. The van der Waals surface area contributed by atoms with Crippen molar-refractivity contribution in [2.24, 2.45) is 0 Å². The van der Waals surface area contributed by atoms with Crippen molar-refractivity contribution >= 4 is 25.7 Å². The summed E-state index contributed by atoms with van der Waals surface area (Å²) in [5.74, 6) is 0.740. The molecule has 0 amide bonds. The summed E-state index contributed by atoms with van der Waals surface area (Å²) in [5.41, 5.74) is 0. The molecule has 0 aromatic heterocycles. The molecule has 0 unspecified atom stereocenters. The maximum absolute atomic E-state index is 11.3. The molecule has 0 fully saturated rings. The van der Waals surface area contributed by atoms with Crippen LogP contribution in [0, 0.1) is 0 Å². The van der Waals surface area contributed by atoms with Gasteiger partial charge in [0.15, 0.2) is 0 Å². The molecule has 5 nitrogen and oxygen atoms in total. The van der Waals surface area contributed by atoms with Crippen LogP contribution < -0.4 is 0 Å². The second kappa shape index (κ2) is 11.9. The smallest absolute Gasteiger partial charge is 0.376 e. The van der Waals surface area contributed by atoms with Gasteiger partial charge in [0.25, 0.3) is 0 Å². The molecule has 0 spiro atoms. The normalized spacial score (nSPS) is 11.8. The zero-order valence-electron chi connectivity index (χ0n) is 12.4. The Morgan fingerprint density at radius 3 is 2.00 bits per heavy atom. The quantitative estimate of drug-likeness (QED) is 0.407. The number of methoxy groups -OCH3 is 1. The summed E-state index contributed by atoms with van der Waals surface area (Å²) in [6, 6.07) is 0.746. The second-order valence-corrected chi connectivity index (χ2v) is 7.62. The Balaban J connectivity index is 4.13. The summed E-state index contributed by atoms with van der Waals surface area (Å²) in [4.78, 5) is 11.3. The third-order valence-corrected chi connectivity index (χ3v) is 6.33. The zero-order chi connectivity index (χ0) is 14.6. The summed E-state index contributed by atoms with van der Waals surface area (Å²) in [7, 11) is -1.02. The summed E-state index contributed by atoms with van der Waals surface area (Å²) >= 11 is 1.29. The summed E-state index contributed by atoms with van der Waals surface area (Å²) < 4.78 is 22.0. The molecule has 0 aromatic rings. The molecule has 19 heavy (non-hydrogen) atoms.